The zero-order chi connectivity index (χ0) is 30.7. The van der Waals surface area contributed by atoms with Crippen LogP contribution in [-0.4, -0.2) is 0 Å². The molecule has 43 heavy (non-hydrogen) atoms. The Hall–Kier alpha value is -2.68. The summed E-state index contributed by atoms with van der Waals surface area (Å²) in [5.41, 5.74) is 6.31. The monoisotopic (exact) mass is 606 g/mol. The van der Waals surface area contributed by atoms with E-state index < -0.39 is 0 Å². The van der Waals surface area contributed by atoms with Gasteiger partial charge >= 0.3 is 0 Å². The van der Waals surface area contributed by atoms with Crippen molar-refractivity contribution in [1.82, 2.24) is 0 Å². The summed E-state index contributed by atoms with van der Waals surface area (Å²) in [4.78, 5) is 2.06. The molecule has 0 saturated heterocycles. The van der Waals surface area contributed by atoms with Crippen molar-refractivity contribution in [2.75, 3.05) is 0 Å². The van der Waals surface area contributed by atoms with Crippen LogP contribution in [0.2, 0.25) is 0 Å². The highest BCUT2D eigenvalue weighted by Crippen LogP contribution is 2.69. The van der Waals surface area contributed by atoms with Crippen LogP contribution in [0.3, 0.4) is 0 Å². The topological polar surface area (TPSA) is 0 Å². The molecule has 2 heteroatoms. The molecule has 1 saturated carbocycles. The third-order valence-electron chi connectivity index (χ3n) is 8.96. The Kier molecular flexibility index (Phi) is 12.7. The molecule has 2 aromatic rings. The van der Waals surface area contributed by atoms with Crippen LogP contribution in [0.15, 0.2) is 114 Å². The van der Waals surface area contributed by atoms with Crippen LogP contribution in [0, 0.1) is 11.3 Å². The maximum Gasteiger partial charge on any atom is 0.0268 e. The van der Waals surface area contributed by atoms with Gasteiger partial charge in [-0.3, -0.25) is 0 Å². The molecule has 0 bridgehead atoms. The van der Waals surface area contributed by atoms with Crippen LogP contribution in [0.25, 0.3) is 16.8 Å². The van der Waals surface area contributed by atoms with Crippen LogP contribution in [-0.2, 0) is 12.8 Å². The second kappa shape index (κ2) is 16.4. The minimum absolute atomic E-state index is 0.0146. The van der Waals surface area contributed by atoms with Crippen molar-refractivity contribution >= 4 is 42.1 Å². The third kappa shape index (κ3) is 8.08. The van der Waals surface area contributed by atoms with Crippen LogP contribution in [0.4, 0.5) is 0 Å². The summed E-state index contributed by atoms with van der Waals surface area (Å²) in [5.74, 6) is 0.758. The first-order chi connectivity index (χ1) is 21.0. The van der Waals surface area contributed by atoms with E-state index in [2.05, 4.69) is 105 Å². The molecule has 3 atom stereocenters. The molecule has 2 aromatic carbocycles. The van der Waals surface area contributed by atoms with E-state index in [0.717, 1.165) is 29.1 Å². The first kappa shape index (κ1) is 33.2. The molecule has 2 aliphatic rings. The molecular formula is C41H50S2. The number of thiol groups is 2. The molecule has 0 aromatic heterocycles. The number of unbranched alkanes of at least 4 members (excludes halogenated alkanes) is 4. The van der Waals surface area contributed by atoms with E-state index in [4.69, 9.17) is 25.3 Å². The summed E-state index contributed by atoms with van der Waals surface area (Å²) >= 11 is 9.80. The van der Waals surface area contributed by atoms with E-state index in [0.29, 0.717) is 5.92 Å². The maximum atomic E-state index is 5.11. The Balaban J connectivity index is 1.61. The molecule has 0 N–H and O–H groups in total. The van der Waals surface area contributed by atoms with Gasteiger partial charge in [0.25, 0.3) is 0 Å². The number of hydrogen-bond acceptors (Lipinski definition) is 2. The zero-order valence-electron chi connectivity index (χ0n) is 26.4. The summed E-state index contributed by atoms with van der Waals surface area (Å²) in [6.07, 6.45) is 38.7. The smallest absolute Gasteiger partial charge is 0.0268 e. The highest BCUT2D eigenvalue weighted by atomic mass is 32.1. The number of fused-ring (bicyclic) bond motifs is 4. The molecule has 4 rings (SSSR count). The fourth-order valence-corrected chi connectivity index (χ4v) is 7.21. The van der Waals surface area contributed by atoms with Gasteiger partial charge in [-0.25, -0.2) is 0 Å². The lowest BCUT2D eigenvalue weighted by molar-refractivity contribution is 0.704. The van der Waals surface area contributed by atoms with E-state index in [9.17, 15) is 0 Å². The van der Waals surface area contributed by atoms with Crippen LogP contribution in [0.5, 0.6) is 0 Å². The van der Waals surface area contributed by atoms with Gasteiger partial charge < -0.3 is 0 Å². The van der Waals surface area contributed by atoms with Gasteiger partial charge in [0.2, 0.25) is 0 Å². The van der Waals surface area contributed by atoms with Gasteiger partial charge in [0.15, 0.2) is 0 Å². The van der Waals surface area contributed by atoms with Gasteiger partial charge in [0, 0.05) is 16.2 Å². The van der Waals surface area contributed by atoms with Crippen molar-refractivity contribution in [2.45, 2.75) is 84.5 Å². The van der Waals surface area contributed by atoms with Gasteiger partial charge in [0.1, 0.15) is 0 Å². The lowest BCUT2D eigenvalue weighted by atomic mass is 9.78. The predicted octanol–water partition coefficient (Wildman–Crippen LogP) is 12.5. The fraction of sp³-hybridized carbons (Fsp3) is 0.366. The quantitative estimate of drug-likeness (QED) is 0.0807. The number of hydrogen-bond donors (Lipinski definition) is 2. The molecule has 0 amide bonds. The second-order valence-corrected chi connectivity index (χ2v) is 13.0. The second-order valence-electron chi connectivity index (χ2n) is 12.0. The molecule has 0 aliphatic heterocycles. The van der Waals surface area contributed by atoms with Gasteiger partial charge in [-0.15, -0.1) is 25.3 Å². The first-order valence-corrected chi connectivity index (χ1v) is 17.2. The molecule has 3 unspecified atom stereocenters. The summed E-state index contributed by atoms with van der Waals surface area (Å²) in [7, 11) is 0. The Morgan fingerprint density at radius 2 is 1.58 bits per heavy atom. The highest BCUT2D eigenvalue weighted by molar-refractivity contribution is 7.84. The van der Waals surface area contributed by atoms with Crippen molar-refractivity contribution < 1.29 is 0 Å². The number of allylic oxidation sites excluding steroid dienone is 13. The average Bonchev–Trinajstić information content (AvgIpc) is 3.77. The van der Waals surface area contributed by atoms with E-state index in [-0.39, 0.29) is 11.3 Å². The molecule has 0 spiro atoms. The van der Waals surface area contributed by atoms with Crippen molar-refractivity contribution in [3.05, 3.63) is 136 Å². The first-order valence-electron chi connectivity index (χ1n) is 16.3. The van der Waals surface area contributed by atoms with Gasteiger partial charge in [-0.1, -0.05) is 137 Å². The number of rotatable bonds is 16. The van der Waals surface area contributed by atoms with Crippen LogP contribution >= 0.6 is 25.3 Å². The molecule has 0 nitrogen and oxygen atoms in total. The van der Waals surface area contributed by atoms with Crippen molar-refractivity contribution in [2.24, 2.45) is 11.3 Å². The summed E-state index contributed by atoms with van der Waals surface area (Å²) in [5, 5.41) is 2.96. The SMILES string of the molecule is C=CC=CC(/C=C\C)/C=C/C=C(S)/C=C/C=C(\S)C12C=Cc3c(c(CCCCC)c4ccccc4c3CCCCC)C1C2. The van der Waals surface area contributed by atoms with E-state index in [1.165, 1.54) is 54.9 Å². The lowest BCUT2D eigenvalue weighted by Crippen LogP contribution is -2.11. The lowest BCUT2D eigenvalue weighted by Gasteiger charge is -2.27. The Bertz CT molecular complexity index is 1470. The van der Waals surface area contributed by atoms with Crippen molar-refractivity contribution in [3.8, 4) is 0 Å². The van der Waals surface area contributed by atoms with E-state index >= 15 is 0 Å². The molecule has 2 aliphatic carbocycles. The number of aryl methyl sites for hydroxylation is 2. The normalized spacial score (nSPS) is 21.0. The molecule has 226 valence electrons. The van der Waals surface area contributed by atoms with Gasteiger partial charge in [0.05, 0.1) is 0 Å². The zero-order valence-corrected chi connectivity index (χ0v) is 28.2. The number of benzene rings is 2. The summed E-state index contributed by atoms with van der Waals surface area (Å²) < 4.78 is 0. The predicted molar refractivity (Wildman–Crippen MR) is 199 cm³/mol. The Morgan fingerprint density at radius 1 is 0.907 bits per heavy atom. The third-order valence-corrected chi connectivity index (χ3v) is 9.82. The Morgan fingerprint density at radius 3 is 2.26 bits per heavy atom. The Labute approximate surface area is 272 Å². The average molecular weight is 607 g/mol. The fourth-order valence-electron chi connectivity index (χ4n) is 6.63. The molecular weight excluding hydrogens is 557 g/mol. The standard InChI is InChI=1S/C41H50S2/c1-5-9-12-23-35-33-24-14-15-25-34(33)36(26-13-10-6-2)40-37(35)28-29-41(30-38(40)41)39(43)27-17-22-32(42)21-16-20-31(18-8-4)19-11-7-3/h7-8,11,14-22,24-25,27-29,31,38,42-43H,3,5-6,9-10,12-13,23,26,30H2,1-2,4H3/b18-8-,19-11?,20-16+,22-17+,32-21-,39-27-. The minimum atomic E-state index is 0.0146. The minimum Gasteiger partial charge on any atom is -0.147 e. The van der Waals surface area contributed by atoms with Crippen molar-refractivity contribution in [3.63, 3.8) is 0 Å². The van der Waals surface area contributed by atoms with Gasteiger partial charge in [-0.05, 0) is 95.0 Å². The molecule has 1 fully saturated rings. The van der Waals surface area contributed by atoms with Gasteiger partial charge in [-0.2, -0.15) is 0 Å². The van der Waals surface area contributed by atoms with E-state index in [1.54, 1.807) is 22.8 Å². The van der Waals surface area contributed by atoms with E-state index in [1.807, 2.05) is 19.1 Å². The maximum absolute atomic E-state index is 5.11. The molecule has 0 radical (unpaired) electrons. The highest BCUT2D eigenvalue weighted by Gasteiger charge is 2.57. The summed E-state index contributed by atoms with van der Waals surface area (Å²) in [6, 6.07) is 9.21. The van der Waals surface area contributed by atoms with Crippen LogP contribution < -0.4 is 0 Å². The largest absolute Gasteiger partial charge is 0.147 e. The molecule has 0 heterocycles. The van der Waals surface area contributed by atoms with Crippen molar-refractivity contribution in [1.29, 1.82) is 0 Å². The summed E-state index contributed by atoms with van der Waals surface area (Å²) in [6.45, 7) is 10.4. The van der Waals surface area contributed by atoms with Crippen LogP contribution in [0.1, 0.15) is 93.9 Å².